The molecule has 1 rings (SSSR count). The largest absolute Gasteiger partial charge is 0.311 e. The van der Waals surface area contributed by atoms with Crippen LogP contribution in [0.4, 0.5) is 0 Å². The van der Waals surface area contributed by atoms with Gasteiger partial charge in [0.05, 0.1) is 0 Å². The highest BCUT2D eigenvalue weighted by atomic mass is 14.9. The molecule has 1 aromatic rings. The van der Waals surface area contributed by atoms with Crippen molar-refractivity contribution < 1.29 is 0 Å². The Morgan fingerprint density at radius 3 is 2.38 bits per heavy atom. The van der Waals surface area contributed by atoms with Gasteiger partial charge in [-0.3, -0.25) is 0 Å². The average Bonchev–Trinajstić information content (AvgIpc) is 2.21. The van der Waals surface area contributed by atoms with E-state index >= 15 is 0 Å². The van der Waals surface area contributed by atoms with Gasteiger partial charge >= 0.3 is 0 Å². The Labute approximate surface area is 99.6 Å². The monoisotopic (exact) mass is 217 g/mol. The minimum absolute atomic E-state index is 0.512. The summed E-state index contributed by atoms with van der Waals surface area (Å²) in [5, 5.41) is 3.57. The van der Waals surface area contributed by atoms with E-state index in [4.69, 9.17) is 0 Å². The highest BCUT2D eigenvalue weighted by Gasteiger charge is 2.06. The second-order valence-electron chi connectivity index (χ2n) is 4.68. The normalized spacial score (nSPS) is 14.4. The van der Waals surface area contributed by atoms with Gasteiger partial charge in [0, 0.05) is 12.1 Å². The zero-order chi connectivity index (χ0) is 12.0. The number of rotatable bonds is 6. The molecule has 1 N–H and O–H groups in total. The molecule has 0 bridgehead atoms. The SMILES string of the molecule is C=CCC(C)NC(C)Cc1ccc(C)cc1. The molecule has 0 aliphatic heterocycles. The molecule has 88 valence electrons. The quantitative estimate of drug-likeness (QED) is 0.719. The predicted octanol–water partition coefficient (Wildman–Crippen LogP) is 3.48. The summed E-state index contributed by atoms with van der Waals surface area (Å²) in [6.07, 6.45) is 4.08. The van der Waals surface area contributed by atoms with Crippen LogP contribution in [0.3, 0.4) is 0 Å². The van der Waals surface area contributed by atoms with Gasteiger partial charge in [-0.2, -0.15) is 0 Å². The van der Waals surface area contributed by atoms with E-state index in [0.717, 1.165) is 12.8 Å². The van der Waals surface area contributed by atoms with Crippen molar-refractivity contribution in [3.63, 3.8) is 0 Å². The van der Waals surface area contributed by atoms with Crippen LogP contribution < -0.4 is 5.32 Å². The highest BCUT2D eigenvalue weighted by Crippen LogP contribution is 2.06. The zero-order valence-electron chi connectivity index (χ0n) is 10.7. The van der Waals surface area contributed by atoms with Crippen LogP contribution in [0.1, 0.15) is 31.4 Å². The summed E-state index contributed by atoms with van der Waals surface area (Å²) in [6, 6.07) is 9.80. The molecule has 2 atom stereocenters. The molecule has 0 saturated heterocycles. The van der Waals surface area contributed by atoms with Gasteiger partial charge in [-0.25, -0.2) is 0 Å². The summed E-state index contributed by atoms with van der Waals surface area (Å²) in [5.74, 6) is 0. The van der Waals surface area contributed by atoms with E-state index in [9.17, 15) is 0 Å². The fraction of sp³-hybridized carbons (Fsp3) is 0.467. The Hall–Kier alpha value is -1.08. The van der Waals surface area contributed by atoms with Gasteiger partial charge in [0.2, 0.25) is 0 Å². The van der Waals surface area contributed by atoms with Gasteiger partial charge in [-0.15, -0.1) is 6.58 Å². The maximum atomic E-state index is 3.76. The molecule has 1 aromatic carbocycles. The molecular formula is C15H23N. The number of aryl methyl sites for hydroxylation is 1. The van der Waals surface area contributed by atoms with Crippen LogP contribution in [0.25, 0.3) is 0 Å². The van der Waals surface area contributed by atoms with Gasteiger partial charge < -0.3 is 5.32 Å². The first-order valence-corrected chi connectivity index (χ1v) is 6.04. The van der Waals surface area contributed by atoms with Crippen molar-refractivity contribution in [1.82, 2.24) is 5.32 Å². The fourth-order valence-corrected chi connectivity index (χ4v) is 1.94. The van der Waals surface area contributed by atoms with Crippen molar-refractivity contribution in [3.05, 3.63) is 48.0 Å². The lowest BCUT2D eigenvalue weighted by molar-refractivity contribution is 0.467. The highest BCUT2D eigenvalue weighted by molar-refractivity contribution is 5.21. The van der Waals surface area contributed by atoms with E-state index in [1.54, 1.807) is 0 Å². The van der Waals surface area contributed by atoms with E-state index in [2.05, 4.69) is 56.9 Å². The molecule has 0 aliphatic rings. The molecule has 16 heavy (non-hydrogen) atoms. The number of hydrogen-bond acceptors (Lipinski definition) is 1. The van der Waals surface area contributed by atoms with Crippen molar-refractivity contribution in [2.75, 3.05) is 0 Å². The lowest BCUT2D eigenvalue weighted by Gasteiger charge is -2.19. The van der Waals surface area contributed by atoms with Gasteiger partial charge in [-0.05, 0) is 39.2 Å². The number of nitrogens with one attached hydrogen (secondary N) is 1. The smallest absolute Gasteiger partial charge is 0.00817 e. The molecule has 0 radical (unpaired) electrons. The lowest BCUT2D eigenvalue weighted by Crippen LogP contribution is -2.35. The Kier molecular flexibility index (Phi) is 5.27. The molecular weight excluding hydrogens is 194 g/mol. The fourth-order valence-electron chi connectivity index (χ4n) is 1.94. The van der Waals surface area contributed by atoms with E-state index in [1.807, 2.05) is 6.08 Å². The molecule has 0 amide bonds. The van der Waals surface area contributed by atoms with E-state index < -0.39 is 0 Å². The topological polar surface area (TPSA) is 12.0 Å². The Balaban J connectivity index is 2.41. The molecule has 0 heterocycles. The molecule has 0 saturated carbocycles. The van der Waals surface area contributed by atoms with Crippen LogP contribution in [0.15, 0.2) is 36.9 Å². The summed E-state index contributed by atoms with van der Waals surface area (Å²) in [4.78, 5) is 0. The number of benzene rings is 1. The van der Waals surface area contributed by atoms with Gasteiger partial charge in [0.1, 0.15) is 0 Å². The van der Waals surface area contributed by atoms with Crippen molar-refractivity contribution in [2.24, 2.45) is 0 Å². The van der Waals surface area contributed by atoms with Gasteiger partial charge in [-0.1, -0.05) is 35.9 Å². The van der Waals surface area contributed by atoms with Crippen LogP contribution in [0.5, 0.6) is 0 Å². The van der Waals surface area contributed by atoms with Crippen LogP contribution in [-0.2, 0) is 6.42 Å². The van der Waals surface area contributed by atoms with Gasteiger partial charge in [0.25, 0.3) is 0 Å². The van der Waals surface area contributed by atoms with Crippen LogP contribution in [0, 0.1) is 6.92 Å². The van der Waals surface area contributed by atoms with Crippen molar-refractivity contribution in [1.29, 1.82) is 0 Å². The zero-order valence-corrected chi connectivity index (χ0v) is 10.7. The lowest BCUT2D eigenvalue weighted by atomic mass is 10.0. The average molecular weight is 217 g/mol. The summed E-state index contributed by atoms with van der Waals surface area (Å²) >= 11 is 0. The minimum atomic E-state index is 0.512. The molecule has 2 unspecified atom stereocenters. The molecule has 0 aromatic heterocycles. The van der Waals surface area contributed by atoms with Crippen molar-refractivity contribution in [2.45, 2.75) is 45.7 Å². The Morgan fingerprint density at radius 1 is 1.19 bits per heavy atom. The Bertz CT molecular complexity index is 313. The van der Waals surface area contributed by atoms with Crippen LogP contribution in [0.2, 0.25) is 0 Å². The van der Waals surface area contributed by atoms with E-state index in [-0.39, 0.29) is 0 Å². The third-order valence-electron chi connectivity index (χ3n) is 2.75. The van der Waals surface area contributed by atoms with Crippen LogP contribution in [-0.4, -0.2) is 12.1 Å². The minimum Gasteiger partial charge on any atom is -0.311 e. The van der Waals surface area contributed by atoms with Gasteiger partial charge in [0.15, 0.2) is 0 Å². The first-order chi connectivity index (χ1) is 7.61. The first kappa shape index (κ1) is 13.0. The molecule has 0 fully saturated rings. The maximum Gasteiger partial charge on any atom is 0.00817 e. The van der Waals surface area contributed by atoms with E-state index in [1.165, 1.54) is 11.1 Å². The summed E-state index contributed by atoms with van der Waals surface area (Å²) in [5.41, 5.74) is 2.72. The van der Waals surface area contributed by atoms with Crippen molar-refractivity contribution in [3.8, 4) is 0 Å². The molecule has 1 nitrogen and oxygen atoms in total. The molecule has 1 heteroatoms. The van der Waals surface area contributed by atoms with E-state index in [0.29, 0.717) is 12.1 Å². The summed E-state index contributed by atoms with van der Waals surface area (Å²) in [7, 11) is 0. The molecule has 0 aliphatic carbocycles. The first-order valence-electron chi connectivity index (χ1n) is 6.04. The van der Waals surface area contributed by atoms with Crippen molar-refractivity contribution >= 4 is 0 Å². The standard InChI is InChI=1S/C15H23N/c1-5-6-13(3)16-14(4)11-15-9-7-12(2)8-10-15/h5,7-10,13-14,16H,1,6,11H2,2-4H3. The maximum absolute atomic E-state index is 3.76. The second-order valence-corrected chi connectivity index (χ2v) is 4.68. The molecule has 0 spiro atoms. The summed E-state index contributed by atoms with van der Waals surface area (Å²) < 4.78 is 0. The predicted molar refractivity (Wildman–Crippen MR) is 71.8 cm³/mol. The third kappa shape index (κ3) is 4.63. The number of hydrogen-bond donors (Lipinski definition) is 1. The Morgan fingerprint density at radius 2 is 1.81 bits per heavy atom. The third-order valence-corrected chi connectivity index (χ3v) is 2.75. The van der Waals surface area contributed by atoms with Crippen LogP contribution >= 0.6 is 0 Å². The summed E-state index contributed by atoms with van der Waals surface area (Å²) in [6.45, 7) is 10.3. The second kappa shape index (κ2) is 6.49.